The van der Waals surface area contributed by atoms with E-state index in [0.29, 0.717) is 35.3 Å². The molecule has 0 saturated heterocycles. The second-order valence-electron chi connectivity index (χ2n) is 10.4. The Kier molecular flexibility index (Phi) is 13.3. The molecule has 3 rings (SSSR count). The number of carbonyl (C=O) groups excluding carboxylic acids is 3. The summed E-state index contributed by atoms with van der Waals surface area (Å²) in [7, 11) is 4.31. The van der Waals surface area contributed by atoms with Crippen LogP contribution in [0, 0.1) is 0 Å². The lowest BCUT2D eigenvalue weighted by molar-refractivity contribution is -0.905. The number of ketones is 1. The van der Waals surface area contributed by atoms with Crippen LogP contribution < -0.4 is 58.6 Å². The van der Waals surface area contributed by atoms with E-state index in [0.717, 1.165) is 59.4 Å². The lowest BCUT2D eigenvalue weighted by Gasteiger charge is -2.31. The number of amides is 2. The van der Waals surface area contributed by atoms with Crippen LogP contribution in [0.2, 0.25) is 0 Å². The van der Waals surface area contributed by atoms with Crippen LogP contribution in [0.3, 0.4) is 0 Å². The summed E-state index contributed by atoms with van der Waals surface area (Å²) >= 11 is 0. The number of halogens is 2. The van der Waals surface area contributed by atoms with Gasteiger partial charge in [0.2, 0.25) is 11.8 Å². The first-order valence-corrected chi connectivity index (χ1v) is 13.2. The third-order valence-electron chi connectivity index (χ3n) is 8.20. The molecule has 2 amide bonds. The molecule has 0 unspecified atom stereocenters. The van der Waals surface area contributed by atoms with Gasteiger partial charge < -0.3 is 67.6 Å². The Morgan fingerprint density at radius 3 is 1.29 bits per heavy atom. The summed E-state index contributed by atoms with van der Waals surface area (Å²) in [5.74, 6) is -0.181. The first-order chi connectivity index (χ1) is 17.1. The first kappa shape index (κ1) is 34.5. The molecule has 0 radical (unpaired) electrons. The average Bonchev–Trinajstić information content (AvgIpc) is 3.16. The van der Waals surface area contributed by atoms with E-state index in [1.807, 2.05) is 24.3 Å². The number of rotatable bonds is 12. The van der Waals surface area contributed by atoms with Crippen LogP contribution in [0.1, 0.15) is 56.5 Å². The maximum atomic E-state index is 13.2. The first-order valence-electron chi connectivity index (χ1n) is 13.2. The molecule has 1 aliphatic rings. The summed E-state index contributed by atoms with van der Waals surface area (Å²) in [5.41, 5.74) is 4.12. The van der Waals surface area contributed by atoms with E-state index in [-0.39, 0.29) is 65.6 Å². The zero-order valence-electron chi connectivity index (χ0n) is 23.5. The number of benzene rings is 2. The van der Waals surface area contributed by atoms with Crippen LogP contribution in [0.15, 0.2) is 36.4 Å². The van der Waals surface area contributed by atoms with Crippen molar-refractivity contribution in [2.24, 2.45) is 0 Å². The van der Waals surface area contributed by atoms with Crippen LogP contribution in [0.4, 0.5) is 11.4 Å². The molecule has 2 aromatic carbocycles. The van der Waals surface area contributed by atoms with Crippen LogP contribution in [0.5, 0.6) is 0 Å². The van der Waals surface area contributed by atoms with Crippen LogP contribution >= 0.6 is 0 Å². The van der Waals surface area contributed by atoms with Crippen LogP contribution in [-0.4, -0.2) is 79.9 Å². The van der Waals surface area contributed by atoms with Crippen molar-refractivity contribution in [2.75, 3.05) is 64.0 Å². The summed E-state index contributed by atoms with van der Waals surface area (Å²) in [6.45, 7) is 14.0. The maximum Gasteiger partial charge on any atom is 0.230 e. The monoisotopic (exact) mass is 748 g/mol. The summed E-state index contributed by atoms with van der Waals surface area (Å²) in [4.78, 5) is 38.3. The number of quaternary nitrogens is 2. The molecule has 2 aromatic rings. The lowest BCUT2D eigenvalue weighted by atomic mass is 10.0. The number of carbonyl (C=O) groups is 3. The highest BCUT2D eigenvalue weighted by Crippen LogP contribution is 2.39. The molecule has 7 nitrogen and oxygen atoms in total. The average molecular weight is 748 g/mol. The van der Waals surface area contributed by atoms with Crippen molar-refractivity contribution in [3.05, 3.63) is 47.5 Å². The smallest absolute Gasteiger partial charge is 0.230 e. The molecule has 0 fully saturated rings. The van der Waals surface area contributed by atoms with Gasteiger partial charge in [0, 0.05) is 22.5 Å². The predicted octanol–water partition coefficient (Wildman–Crippen LogP) is -1.46. The lowest BCUT2D eigenvalue weighted by Crippen LogP contribution is -3.00. The molecule has 0 saturated carbocycles. The molecule has 210 valence electrons. The number of hydrogen-bond acceptors (Lipinski definition) is 3. The van der Waals surface area contributed by atoms with E-state index in [1.165, 1.54) is 0 Å². The van der Waals surface area contributed by atoms with Crippen molar-refractivity contribution in [2.45, 2.75) is 40.5 Å². The van der Waals surface area contributed by atoms with Crippen molar-refractivity contribution in [1.29, 1.82) is 0 Å². The molecule has 0 heterocycles. The summed E-state index contributed by atoms with van der Waals surface area (Å²) < 4.78 is 1.69. The highest BCUT2D eigenvalue weighted by atomic mass is 127. The Morgan fingerprint density at radius 2 is 0.974 bits per heavy atom. The number of hydrogen-bond donors (Lipinski definition) is 2. The largest absolute Gasteiger partial charge is 1.00 e. The van der Waals surface area contributed by atoms with Crippen molar-refractivity contribution >= 4 is 29.0 Å². The van der Waals surface area contributed by atoms with E-state index in [4.69, 9.17) is 0 Å². The van der Waals surface area contributed by atoms with Gasteiger partial charge in [0.1, 0.15) is 0 Å². The number of anilines is 2. The molecule has 0 aromatic heterocycles. The van der Waals surface area contributed by atoms with Gasteiger partial charge in [-0.2, -0.15) is 0 Å². The molecule has 1 aliphatic carbocycles. The quantitative estimate of drug-likeness (QED) is 0.176. The fraction of sp³-hybridized carbons (Fsp3) is 0.483. The van der Waals surface area contributed by atoms with Gasteiger partial charge in [-0.1, -0.05) is 12.1 Å². The SMILES string of the molecule is CC[N+](C)(CC)CCC(=O)Nc1ccc2c(c1)C(=O)c1cc(NC(=O)CC[N+](C)(CC)CC)ccc1-2.[I-].[I-]. The van der Waals surface area contributed by atoms with Gasteiger partial charge >= 0.3 is 0 Å². The number of nitrogens with zero attached hydrogens (tertiary/aromatic N) is 2. The van der Waals surface area contributed by atoms with Crippen molar-refractivity contribution in [3.8, 4) is 11.1 Å². The van der Waals surface area contributed by atoms with Gasteiger partial charge in [0.05, 0.1) is 66.2 Å². The topological polar surface area (TPSA) is 75.3 Å². The van der Waals surface area contributed by atoms with E-state index in [9.17, 15) is 14.4 Å². The fourth-order valence-corrected chi connectivity index (χ4v) is 4.50. The van der Waals surface area contributed by atoms with Gasteiger partial charge in [-0.25, -0.2) is 0 Å². The van der Waals surface area contributed by atoms with E-state index in [1.54, 1.807) is 12.1 Å². The molecule has 9 heteroatoms. The standard InChI is InChI=1S/C29H40N4O3.2HI/c1-7-32(5,8-2)17-15-27(34)30-21-11-13-23-24-14-12-22(20-26(24)29(36)25(23)19-21)31-28(35)16-18-33(6,9-3)10-4;;/h11-14,19-20H,7-10,15-18H2,1-6H3;2*1H. The zero-order chi connectivity index (χ0) is 26.5. The van der Waals surface area contributed by atoms with Crippen molar-refractivity contribution < 1.29 is 71.3 Å². The minimum absolute atomic E-state index is 0. The molecule has 2 N–H and O–H groups in total. The van der Waals surface area contributed by atoms with Crippen molar-refractivity contribution in [3.63, 3.8) is 0 Å². The fourth-order valence-electron chi connectivity index (χ4n) is 4.50. The van der Waals surface area contributed by atoms with Crippen LogP contribution in [-0.2, 0) is 9.59 Å². The van der Waals surface area contributed by atoms with E-state index < -0.39 is 0 Å². The molecular weight excluding hydrogens is 706 g/mol. The predicted molar refractivity (Wildman–Crippen MR) is 146 cm³/mol. The second-order valence-corrected chi connectivity index (χ2v) is 10.4. The number of nitrogens with one attached hydrogen (secondary N) is 2. The number of fused-ring (bicyclic) bond motifs is 3. The Balaban J connectivity index is 0.00000361. The van der Waals surface area contributed by atoms with Gasteiger partial charge in [0.25, 0.3) is 0 Å². The molecule has 0 spiro atoms. The molecule has 38 heavy (non-hydrogen) atoms. The highest BCUT2D eigenvalue weighted by molar-refractivity contribution is 6.22. The second kappa shape index (κ2) is 14.7. The van der Waals surface area contributed by atoms with E-state index >= 15 is 0 Å². The van der Waals surface area contributed by atoms with E-state index in [2.05, 4.69) is 52.4 Å². The Labute approximate surface area is 261 Å². The molecule has 0 bridgehead atoms. The van der Waals surface area contributed by atoms with Crippen LogP contribution in [0.25, 0.3) is 11.1 Å². The zero-order valence-corrected chi connectivity index (χ0v) is 27.8. The Hall–Kier alpha value is -1.57. The van der Waals surface area contributed by atoms with Gasteiger partial charge in [-0.05, 0) is 63.1 Å². The van der Waals surface area contributed by atoms with Gasteiger partial charge in [-0.15, -0.1) is 0 Å². The molecule has 0 aliphatic heterocycles. The molecular formula is C29H42I2N4O3. The summed E-state index contributed by atoms with van der Waals surface area (Å²) in [5, 5.41) is 5.91. The third-order valence-corrected chi connectivity index (χ3v) is 8.20. The molecule has 0 atom stereocenters. The van der Waals surface area contributed by atoms with Crippen molar-refractivity contribution in [1.82, 2.24) is 0 Å². The maximum absolute atomic E-state index is 13.2. The van der Waals surface area contributed by atoms with Gasteiger partial charge in [0.15, 0.2) is 5.78 Å². The normalized spacial score (nSPS) is 12.1. The Morgan fingerprint density at radius 1 is 0.632 bits per heavy atom. The Bertz CT molecular complexity index is 1060. The van der Waals surface area contributed by atoms with Gasteiger partial charge in [-0.3, -0.25) is 14.4 Å². The third kappa shape index (κ3) is 8.22. The highest BCUT2D eigenvalue weighted by Gasteiger charge is 2.28. The minimum Gasteiger partial charge on any atom is -1.00 e. The minimum atomic E-state index is -0.0883. The summed E-state index contributed by atoms with van der Waals surface area (Å²) in [6.07, 6.45) is 0.863. The summed E-state index contributed by atoms with van der Waals surface area (Å²) in [6, 6.07) is 11.0.